The zero-order valence-electron chi connectivity index (χ0n) is 15.8. The molecule has 0 radical (unpaired) electrons. The Labute approximate surface area is 162 Å². The lowest BCUT2D eigenvalue weighted by Crippen LogP contribution is -2.37. The predicted octanol–water partition coefficient (Wildman–Crippen LogP) is 3.58. The molecule has 1 aromatic heterocycles. The van der Waals surface area contributed by atoms with Gasteiger partial charge in [-0.3, -0.25) is 4.79 Å². The largest absolute Gasteiger partial charge is 0.464 e. The minimum absolute atomic E-state index is 0.0588. The first-order valence-electron chi connectivity index (χ1n) is 9.32. The van der Waals surface area contributed by atoms with E-state index in [2.05, 4.69) is 6.07 Å². The van der Waals surface area contributed by atoms with Gasteiger partial charge in [0.2, 0.25) is 12.7 Å². The first kappa shape index (κ1) is 16.9. The number of hydrogen-bond acceptors (Lipinski definition) is 5. The molecule has 0 saturated carbocycles. The van der Waals surface area contributed by atoms with E-state index in [0.29, 0.717) is 24.7 Å². The lowest BCUT2D eigenvalue weighted by Gasteiger charge is -2.22. The molecule has 5 rings (SSSR count). The molecule has 2 aliphatic heterocycles. The van der Waals surface area contributed by atoms with Gasteiger partial charge >= 0.3 is 0 Å². The Bertz CT molecular complexity index is 1100. The molecule has 6 heteroatoms. The molecule has 1 amide bonds. The molecule has 0 N–H and O–H groups in total. The Hall–Kier alpha value is -3.28. The smallest absolute Gasteiger partial charge is 0.264 e. The Morgan fingerprint density at radius 1 is 1.14 bits per heavy atom. The fourth-order valence-electron chi connectivity index (χ4n) is 3.74. The predicted molar refractivity (Wildman–Crippen MR) is 103 cm³/mol. The van der Waals surface area contributed by atoms with Crippen LogP contribution >= 0.6 is 0 Å². The van der Waals surface area contributed by atoms with Crippen LogP contribution in [-0.4, -0.2) is 28.7 Å². The van der Waals surface area contributed by atoms with Crippen LogP contribution in [0.4, 0.5) is 0 Å². The van der Waals surface area contributed by atoms with Crippen molar-refractivity contribution in [1.29, 1.82) is 0 Å². The molecule has 0 bridgehead atoms. The molecular weight excluding hydrogens is 356 g/mol. The molecule has 3 heterocycles. The second kappa shape index (κ2) is 6.41. The van der Waals surface area contributed by atoms with Crippen LogP contribution in [0.1, 0.15) is 23.6 Å². The zero-order valence-corrected chi connectivity index (χ0v) is 15.8. The van der Waals surface area contributed by atoms with E-state index in [4.69, 9.17) is 19.2 Å². The van der Waals surface area contributed by atoms with Crippen LogP contribution in [-0.2, 0) is 17.9 Å². The summed E-state index contributed by atoms with van der Waals surface area (Å²) in [7, 11) is 0. The van der Waals surface area contributed by atoms with E-state index in [9.17, 15) is 4.79 Å². The number of carbonyl (C=O) groups excluding carboxylic acids is 1. The first-order chi connectivity index (χ1) is 13.6. The van der Waals surface area contributed by atoms with Crippen molar-refractivity contribution in [3.8, 4) is 17.4 Å². The number of carbonyl (C=O) groups is 1. The van der Waals surface area contributed by atoms with Crippen LogP contribution in [0.5, 0.6) is 17.4 Å². The van der Waals surface area contributed by atoms with Crippen LogP contribution in [0, 0.1) is 6.92 Å². The van der Waals surface area contributed by atoms with E-state index >= 15 is 0 Å². The molecule has 1 atom stereocenters. The maximum absolute atomic E-state index is 12.9. The van der Waals surface area contributed by atoms with Crippen LogP contribution in [0.2, 0.25) is 0 Å². The molecule has 142 valence electrons. The van der Waals surface area contributed by atoms with Crippen LogP contribution < -0.4 is 14.2 Å². The summed E-state index contributed by atoms with van der Waals surface area (Å²) < 4.78 is 16.8. The summed E-state index contributed by atoms with van der Waals surface area (Å²) in [4.78, 5) is 19.4. The highest BCUT2D eigenvalue weighted by molar-refractivity contribution is 5.85. The number of pyridine rings is 1. The van der Waals surface area contributed by atoms with Gasteiger partial charge in [0.15, 0.2) is 17.6 Å². The van der Waals surface area contributed by atoms with Gasteiger partial charge in [0.1, 0.15) is 0 Å². The Morgan fingerprint density at radius 2 is 2.00 bits per heavy atom. The maximum Gasteiger partial charge on any atom is 0.264 e. The summed E-state index contributed by atoms with van der Waals surface area (Å²) in [5.74, 6) is 1.93. The Kier molecular flexibility index (Phi) is 3.86. The molecular formula is C22H20N2O4. The summed E-state index contributed by atoms with van der Waals surface area (Å²) in [5.41, 5.74) is 3.89. The van der Waals surface area contributed by atoms with Crippen molar-refractivity contribution in [2.75, 3.05) is 6.79 Å². The van der Waals surface area contributed by atoms with Gasteiger partial charge in [-0.15, -0.1) is 0 Å². The van der Waals surface area contributed by atoms with E-state index in [0.717, 1.165) is 33.3 Å². The van der Waals surface area contributed by atoms with Crippen molar-refractivity contribution in [2.45, 2.75) is 33.0 Å². The number of rotatable bonds is 2. The maximum atomic E-state index is 12.9. The summed E-state index contributed by atoms with van der Waals surface area (Å²) in [5, 5.41) is 1.05. The van der Waals surface area contributed by atoms with Crippen LogP contribution in [0.15, 0.2) is 42.5 Å². The van der Waals surface area contributed by atoms with Crippen molar-refractivity contribution in [3.05, 3.63) is 59.2 Å². The van der Waals surface area contributed by atoms with Gasteiger partial charge in [0.25, 0.3) is 5.91 Å². The van der Waals surface area contributed by atoms with Crippen molar-refractivity contribution in [3.63, 3.8) is 0 Å². The third-order valence-corrected chi connectivity index (χ3v) is 5.21. The summed E-state index contributed by atoms with van der Waals surface area (Å²) in [6.07, 6.45) is -0.593. The van der Waals surface area contributed by atoms with Crippen LogP contribution in [0.25, 0.3) is 10.9 Å². The molecule has 0 aliphatic carbocycles. The topological polar surface area (TPSA) is 60.9 Å². The second-order valence-electron chi connectivity index (χ2n) is 7.24. The summed E-state index contributed by atoms with van der Waals surface area (Å²) in [6, 6.07) is 13.9. The van der Waals surface area contributed by atoms with E-state index in [1.807, 2.05) is 43.3 Å². The number of amides is 1. The average molecular weight is 376 g/mol. The fourth-order valence-corrected chi connectivity index (χ4v) is 3.74. The number of ether oxygens (including phenoxy) is 3. The highest BCUT2D eigenvalue weighted by atomic mass is 16.7. The van der Waals surface area contributed by atoms with Crippen molar-refractivity contribution < 1.29 is 19.0 Å². The van der Waals surface area contributed by atoms with Gasteiger partial charge in [0.05, 0.1) is 12.1 Å². The molecule has 0 spiro atoms. The summed E-state index contributed by atoms with van der Waals surface area (Å²) >= 11 is 0. The van der Waals surface area contributed by atoms with E-state index in [1.165, 1.54) is 0 Å². The number of aryl methyl sites for hydroxylation is 1. The lowest BCUT2D eigenvalue weighted by molar-refractivity contribution is -0.138. The quantitative estimate of drug-likeness (QED) is 0.684. The first-order valence-corrected chi connectivity index (χ1v) is 9.32. The molecule has 2 aliphatic rings. The van der Waals surface area contributed by atoms with Gasteiger partial charge in [0, 0.05) is 17.5 Å². The van der Waals surface area contributed by atoms with Gasteiger partial charge in [-0.05, 0) is 43.2 Å². The number of benzene rings is 2. The van der Waals surface area contributed by atoms with Crippen molar-refractivity contribution >= 4 is 16.8 Å². The standard InChI is InChI=1S/C22H20N2O4/c1-13-4-3-5-16-9-17-11-24(22(25)14(2)28-21(17)23-20(13)16)10-15-6-7-18-19(8-15)27-12-26-18/h3-9,14H,10-12H2,1-2H3. The minimum Gasteiger partial charge on any atom is -0.464 e. The highest BCUT2D eigenvalue weighted by Crippen LogP contribution is 2.34. The zero-order chi connectivity index (χ0) is 19.3. The van der Waals surface area contributed by atoms with Crippen LogP contribution in [0.3, 0.4) is 0 Å². The fraction of sp³-hybridized carbons (Fsp3) is 0.273. The second-order valence-corrected chi connectivity index (χ2v) is 7.24. The molecule has 0 saturated heterocycles. The number of fused-ring (bicyclic) bond motifs is 3. The molecule has 28 heavy (non-hydrogen) atoms. The summed E-state index contributed by atoms with van der Waals surface area (Å²) in [6.45, 7) is 4.95. The third-order valence-electron chi connectivity index (χ3n) is 5.21. The van der Waals surface area contributed by atoms with Gasteiger partial charge < -0.3 is 19.1 Å². The molecule has 0 fully saturated rings. The molecule has 3 aromatic rings. The van der Waals surface area contributed by atoms with Gasteiger partial charge in [-0.25, -0.2) is 4.98 Å². The minimum atomic E-state index is -0.593. The Morgan fingerprint density at radius 3 is 2.89 bits per heavy atom. The van der Waals surface area contributed by atoms with Gasteiger partial charge in [-0.1, -0.05) is 24.3 Å². The molecule has 6 nitrogen and oxygen atoms in total. The average Bonchev–Trinajstić information content (AvgIpc) is 3.11. The number of hydrogen-bond donors (Lipinski definition) is 0. The number of aromatic nitrogens is 1. The van der Waals surface area contributed by atoms with E-state index in [-0.39, 0.29) is 12.7 Å². The van der Waals surface area contributed by atoms with Crippen molar-refractivity contribution in [1.82, 2.24) is 9.88 Å². The monoisotopic (exact) mass is 376 g/mol. The number of para-hydroxylation sites is 1. The van der Waals surface area contributed by atoms with E-state index < -0.39 is 6.10 Å². The third kappa shape index (κ3) is 2.81. The SMILES string of the molecule is Cc1cccc2cc3c(nc12)OC(C)C(=O)N(Cc1ccc2c(c1)OCO2)C3. The van der Waals surface area contributed by atoms with E-state index in [1.54, 1.807) is 11.8 Å². The van der Waals surface area contributed by atoms with Gasteiger partial charge in [-0.2, -0.15) is 0 Å². The molecule has 1 unspecified atom stereocenters. The van der Waals surface area contributed by atoms with Crippen molar-refractivity contribution in [2.24, 2.45) is 0 Å². The molecule has 2 aromatic carbocycles. The number of nitrogens with zero attached hydrogens (tertiary/aromatic N) is 2. The normalized spacial score (nSPS) is 18.0. The highest BCUT2D eigenvalue weighted by Gasteiger charge is 2.29. The Balaban J connectivity index is 1.50. The lowest BCUT2D eigenvalue weighted by atomic mass is 10.1.